The molecule has 1 amide bonds. The van der Waals surface area contributed by atoms with Crippen molar-refractivity contribution in [2.45, 2.75) is 84.4 Å². The first-order valence-corrected chi connectivity index (χ1v) is 13.3. The Morgan fingerprint density at radius 3 is 2.57 bits per heavy atom. The van der Waals surface area contributed by atoms with Gasteiger partial charge in [0.2, 0.25) is 0 Å². The summed E-state index contributed by atoms with van der Waals surface area (Å²) in [7, 11) is 0. The fourth-order valence-electron chi connectivity index (χ4n) is 8.37. The van der Waals surface area contributed by atoms with Crippen molar-refractivity contribution in [3.8, 4) is 0 Å². The molecule has 8 atom stereocenters. The van der Waals surface area contributed by atoms with Crippen molar-refractivity contribution in [3.63, 3.8) is 0 Å². The zero-order valence-electron chi connectivity index (χ0n) is 21.8. The Labute approximate surface area is 207 Å². The minimum absolute atomic E-state index is 0.0351. The molecule has 0 aromatic heterocycles. The van der Waals surface area contributed by atoms with E-state index in [1.807, 2.05) is 32.9 Å². The van der Waals surface area contributed by atoms with E-state index in [4.69, 9.17) is 14.2 Å². The Morgan fingerprint density at radius 2 is 1.89 bits per heavy atom. The standard InChI is InChI=1S/C28H39NO6/c1-15-13-27-16(2)11-19-20(25(19,3)4)18(21(27)30)12-17-14-33-26(5,6)35-23(17)28(27,32)22(15)34-24(31)29-9-7-8-10-29/h12-13,16,18-20,22-23,32H,7-11,14H2,1-6H3/t16?,18-,19+,20+,22-,23+,27?,28+/m0/s1. The molecule has 2 unspecified atom stereocenters. The Hall–Kier alpha value is -1.70. The van der Waals surface area contributed by atoms with Crippen LogP contribution in [-0.2, 0) is 19.0 Å². The second-order valence-corrected chi connectivity index (χ2v) is 12.9. The van der Waals surface area contributed by atoms with E-state index < -0.39 is 35.1 Å². The van der Waals surface area contributed by atoms with Crippen LogP contribution in [0.2, 0.25) is 0 Å². The maximum absolute atomic E-state index is 14.6. The summed E-state index contributed by atoms with van der Waals surface area (Å²) in [5, 5.41) is 12.9. The maximum Gasteiger partial charge on any atom is 0.410 e. The number of fused-ring (bicyclic) bond motifs is 5. The summed E-state index contributed by atoms with van der Waals surface area (Å²) in [5.74, 6) is -0.731. The molecule has 1 N–H and O–H groups in total. The highest BCUT2D eigenvalue weighted by molar-refractivity contribution is 5.95. The molecule has 0 aromatic rings. The molecule has 35 heavy (non-hydrogen) atoms. The monoisotopic (exact) mass is 485 g/mol. The van der Waals surface area contributed by atoms with Gasteiger partial charge < -0.3 is 24.2 Å². The SMILES string of the molecule is CC1=CC23C(=O)[C@@H](C=C4COC(C)(C)O[C@H]4[C@]2(O)[C@H]1OC(=O)N1CCCC1)[C@@H]1[C@@H](CC3C)C1(C)C. The lowest BCUT2D eigenvalue weighted by Gasteiger charge is -2.52. The number of carbonyl (C=O) groups excluding carboxylic acids is 2. The van der Waals surface area contributed by atoms with Crippen LogP contribution in [0.4, 0.5) is 4.79 Å². The summed E-state index contributed by atoms with van der Waals surface area (Å²) in [4.78, 5) is 29.5. The van der Waals surface area contributed by atoms with Crippen molar-refractivity contribution in [2.24, 2.45) is 34.5 Å². The van der Waals surface area contributed by atoms with E-state index in [2.05, 4.69) is 20.8 Å². The molecule has 7 heteroatoms. The molecule has 2 saturated carbocycles. The van der Waals surface area contributed by atoms with E-state index in [-0.39, 0.29) is 35.6 Å². The number of ketones is 1. The van der Waals surface area contributed by atoms with Crippen LogP contribution in [0.3, 0.4) is 0 Å². The number of hydrogen-bond donors (Lipinski definition) is 1. The third kappa shape index (κ3) is 2.95. The normalized spacial score (nSPS) is 46.9. The van der Waals surface area contributed by atoms with Crippen LogP contribution in [0, 0.1) is 34.5 Å². The van der Waals surface area contributed by atoms with E-state index >= 15 is 0 Å². The van der Waals surface area contributed by atoms with Crippen LogP contribution in [0.25, 0.3) is 0 Å². The summed E-state index contributed by atoms with van der Waals surface area (Å²) in [6.07, 6.45) is 4.50. The number of hydrogen-bond acceptors (Lipinski definition) is 6. The fraction of sp³-hybridized carbons (Fsp3) is 0.786. The molecule has 2 aliphatic heterocycles. The Bertz CT molecular complexity index is 1040. The molecule has 2 heterocycles. The number of Topliss-reactive ketones (excluding diaryl/α,β-unsaturated/α-hetero) is 1. The van der Waals surface area contributed by atoms with Crippen LogP contribution >= 0.6 is 0 Å². The molecule has 0 aromatic carbocycles. The molecule has 6 aliphatic rings. The number of nitrogens with zero attached hydrogens (tertiary/aromatic N) is 1. The summed E-state index contributed by atoms with van der Waals surface area (Å²) < 4.78 is 18.6. The lowest BCUT2D eigenvalue weighted by Crippen LogP contribution is -2.68. The van der Waals surface area contributed by atoms with E-state index in [1.54, 1.807) is 4.90 Å². The van der Waals surface area contributed by atoms with E-state index in [0.717, 1.165) is 30.4 Å². The fourth-order valence-corrected chi connectivity index (χ4v) is 8.37. The summed E-state index contributed by atoms with van der Waals surface area (Å²) in [6.45, 7) is 13.7. The molecule has 2 saturated heterocycles. The summed E-state index contributed by atoms with van der Waals surface area (Å²) in [6, 6.07) is 0. The van der Waals surface area contributed by atoms with Crippen molar-refractivity contribution in [2.75, 3.05) is 19.7 Å². The van der Waals surface area contributed by atoms with Gasteiger partial charge in [0, 0.05) is 19.0 Å². The molecule has 1 spiro atoms. The zero-order valence-corrected chi connectivity index (χ0v) is 21.8. The van der Waals surface area contributed by atoms with Gasteiger partial charge in [-0.1, -0.05) is 32.9 Å². The van der Waals surface area contributed by atoms with Crippen molar-refractivity contribution in [1.29, 1.82) is 0 Å². The van der Waals surface area contributed by atoms with Gasteiger partial charge in [0.15, 0.2) is 23.3 Å². The first-order valence-electron chi connectivity index (χ1n) is 13.3. The predicted octanol–water partition coefficient (Wildman–Crippen LogP) is 3.85. The number of amides is 1. The number of rotatable bonds is 1. The van der Waals surface area contributed by atoms with Gasteiger partial charge in [-0.3, -0.25) is 4.79 Å². The van der Waals surface area contributed by atoms with Crippen molar-refractivity contribution in [3.05, 3.63) is 23.3 Å². The lowest BCUT2D eigenvalue weighted by atomic mass is 9.59. The maximum atomic E-state index is 14.6. The predicted molar refractivity (Wildman–Crippen MR) is 128 cm³/mol. The molecule has 4 fully saturated rings. The van der Waals surface area contributed by atoms with Crippen LogP contribution in [0.1, 0.15) is 60.8 Å². The number of ether oxygens (including phenoxy) is 3. The van der Waals surface area contributed by atoms with Gasteiger partial charge in [0.25, 0.3) is 0 Å². The first kappa shape index (κ1) is 23.7. The zero-order chi connectivity index (χ0) is 25.1. The van der Waals surface area contributed by atoms with Crippen LogP contribution in [0.5, 0.6) is 0 Å². The lowest BCUT2D eigenvalue weighted by molar-refractivity contribution is -0.303. The highest BCUT2D eigenvalue weighted by atomic mass is 16.7. The second-order valence-electron chi connectivity index (χ2n) is 12.9. The average molecular weight is 486 g/mol. The minimum Gasteiger partial charge on any atom is -0.438 e. The van der Waals surface area contributed by atoms with Crippen molar-refractivity contribution < 1.29 is 28.9 Å². The Balaban J connectivity index is 1.51. The molecular weight excluding hydrogens is 446 g/mol. The summed E-state index contributed by atoms with van der Waals surface area (Å²) in [5.41, 5.74) is -1.36. The molecule has 7 nitrogen and oxygen atoms in total. The van der Waals surface area contributed by atoms with Crippen LogP contribution < -0.4 is 0 Å². The number of carbonyl (C=O) groups is 2. The van der Waals surface area contributed by atoms with Crippen LogP contribution in [-0.4, -0.2) is 65.2 Å². The molecule has 4 aliphatic carbocycles. The smallest absolute Gasteiger partial charge is 0.410 e. The topological polar surface area (TPSA) is 85.3 Å². The molecular formula is C28H39NO6. The quantitative estimate of drug-likeness (QED) is 0.568. The molecule has 6 rings (SSSR count). The summed E-state index contributed by atoms with van der Waals surface area (Å²) >= 11 is 0. The third-order valence-corrected chi connectivity index (χ3v) is 10.3. The Kier molecular flexibility index (Phi) is 4.87. The molecule has 192 valence electrons. The van der Waals surface area contributed by atoms with Gasteiger partial charge in [0.05, 0.1) is 12.0 Å². The number of aliphatic hydroxyl groups is 1. The van der Waals surface area contributed by atoms with Crippen molar-refractivity contribution >= 4 is 11.9 Å². The van der Waals surface area contributed by atoms with E-state index in [0.29, 0.717) is 19.0 Å². The first-order chi connectivity index (χ1) is 16.3. The van der Waals surface area contributed by atoms with Crippen molar-refractivity contribution in [1.82, 2.24) is 4.90 Å². The van der Waals surface area contributed by atoms with E-state index in [9.17, 15) is 14.7 Å². The number of likely N-dealkylation sites (tertiary alicyclic amines) is 1. The van der Waals surface area contributed by atoms with Gasteiger partial charge in [-0.2, -0.15) is 0 Å². The minimum atomic E-state index is -1.74. The van der Waals surface area contributed by atoms with Crippen LogP contribution in [0.15, 0.2) is 23.3 Å². The molecule has 2 bridgehead atoms. The van der Waals surface area contributed by atoms with Gasteiger partial charge in [-0.25, -0.2) is 4.79 Å². The van der Waals surface area contributed by atoms with Gasteiger partial charge in [0.1, 0.15) is 6.10 Å². The largest absolute Gasteiger partial charge is 0.438 e. The Morgan fingerprint density at radius 1 is 1.20 bits per heavy atom. The molecule has 0 radical (unpaired) electrons. The number of allylic oxidation sites excluding steroid dienone is 1. The highest BCUT2D eigenvalue weighted by Crippen LogP contribution is 2.72. The van der Waals surface area contributed by atoms with Gasteiger partial charge in [-0.05, 0) is 74.3 Å². The van der Waals surface area contributed by atoms with Gasteiger partial charge in [-0.15, -0.1) is 0 Å². The second kappa shape index (κ2) is 7.20. The van der Waals surface area contributed by atoms with E-state index in [1.165, 1.54) is 0 Å². The highest BCUT2D eigenvalue weighted by Gasteiger charge is 2.77. The third-order valence-electron chi connectivity index (χ3n) is 10.3. The van der Waals surface area contributed by atoms with Gasteiger partial charge >= 0.3 is 6.09 Å². The average Bonchev–Trinajstić information content (AvgIpc) is 3.13.